The monoisotopic (exact) mass is 289 g/mol. The summed E-state index contributed by atoms with van der Waals surface area (Å²) in [6.07, 6.45) is 2.03. The number of ether oxygens (including phenoxy) is 1. The van der Waals surface area contributed by atoms with Gasteiger partial charge < -0.3 is 19.2 Å². The average molecular weight is 289 g/mol. The van der Waals surface area contributed by atoms with Crippen molar-refractivity contribution in [1.82, 2.24) is 4.90 Å². The number of likely N-dealkylation sites (N-methyl/N-ethyl adjacent to an activating group) is 1. The van der Waals surface area contributed by atoms with Crippen LogP contribution in [0.1, 0.15) is 24.7 Å². The molecule has 0 radical (unpaired) electrons. The van der Waals surface area contributed by atoms with E-state index in [0.29, 0.717) is 12.3 Å². The smallest absolute Gasteiger partial charge is 0.135 e. The van der Waals surface area contributed by atoms with E-state index in [0.717, 1.165) is 36.6 Å². The van der Waals surface area contributed by atoms with Crippen LogP contribution in [-0.4, -0.2) is 43.4 Å². The Hall–Kier alpha value is -1.36. The van der Waals surface area contributed by atoms with E-state index in [2.05, 4.69) is 4.90 Å². The highest BCUT2D eigenvalue weighted by Crippen LogP contribution is 2.28. The summed E-state index contributed by atoms with van der Waals surface area (Å²) in [5.41, 5.74) is 0.821. The summed E-state index contributed by atoms with van der Waals surface area (Å²) in [5, 5.41) is 11.3. The second-order valence-electron chi connectivity index (χ2n) is 5.98. The van der Waals surface area contributed by atoms with Gasteiger partial charge >= 0.3 is 0 Å². The standard InChI is InChI=1S/C17H23NO3/c1-18(8-9-20-12-13-6-7-13)11-15(19)17-10-14-4-2-3-5-16(14)21-17/h2-5,10,13,15,19H,6-9,11-12H2,1H3. The second kappa shape index (κ2) is 6.60. The highest BCUT2D eigenvalue weighted by molar-refractivity contribution is 5.77. The Kier molecular flexibility index (Phi) is 4.58. The molecule has 1 aliphatic rings. The van der Waals surface area contributed by atoms with Crippen LogP contribution >= 0.6 is 0 Å². The largest absolute Gasteiger partial charge is 0.458 e. The van der Waals surface area contributed by atoms with Gasteiger partial charge in [0.25, 0.3) is 0 Å². The summed E-state index contributed by atoms with van der Waals surface area (Å²) in [7, 11) is 1.99. The molecule has 1 N–H and O–H groups in total. The summed E-state index contributed by atoms with van der Waals surface area (Å²) in [6.45, 7) is 2.98. The van der Waals surface area contributed by atoms with Gasteiger partial charge in [-0.1, -0.05) is 18.2 Å². The summed E-state index contributed by atoms with van der Waals surface area (Å²) >= 11 is 0. The first kappa shape index (κ1) is 14.6. The van der Waals surface area contributed by atoms with E-state index < -0.39 is 6.10 Å². The number of para-hydroxylation sites is 1. The van der Waals surface area contributed by atoms with Crippen molar-refractivity contribution in [2.45, 2.75) is 18.9 Å². The molecule has 114 valence electrons. The number of hydrogen-bond donors (Lipinski definition) is 1. The first-order valence-corrected chi connectivity index (χ1v) is 7.65. The third kappa shape index (κ3) is 4.06. The molecule has 1 unspecified atom stereocenters. The third-order valence-electron chi connectivity index (χ3n) is 3.93. The average Bonchev–Trinajstić information content (AvgIpc) is 3.19. The topological polar surface area (TPSA) is 45.8 Å². The van der Waals surface area contributed by atoms with Gasteiger partial charge in [0.05, 0.1) is 6.61 Å². The molecule has 1 fully saturated rings. The molecule has 1 aliphatic carbocycles. The predicted molar refractivity (Wildman–Crippen MR) is 82.2 cm³/mol. The van der Waals surface area contributed by atoms with Gasteiger partial charge in [0.1, 0.15) is 17.4 Å². The van der Waals surface area contributed by atoms with Crippen molar-refractivity contribution in [1.29, 1.82) is 0 Å². The molecule has 1 aromatic heterocycles. The minimum atomic E-state index is -0.606. The quantitative estimate of drug-likeness (QED) is 0.759. The number of aliphatic hydroxyl groups excluding tert-OH is 1. The van der Waals surface area contributed by atoms with E-state index in [1.165, 1.54) is 12.8 Å². The Morgan fingerprint density at radius 2 is 2.19 bits per heavy atom. The lowest BCUT2D eigenvalue weighted by atomic mass is 10.2. The summed E-state index contributed by atoms with van der Waals surface area (Å²) in [5.74, 6) is 1.43. The first-order chi connectivity index (χ1) is 10.2. The molecule has 0 spiro atoms. The minimum Gasteiger partial charge on any atom is -0.458 e. The number of aliphatic hydroxyl groups is 1. The molecule has 4 nitrogen and oxygen atoms in total. The minimum absolute atomic E-state index is 0.548. The van der Waals surface area contributed by atoms with Gasteiger partial charge in [-0.3, -0.25) is 0 Å². The maximum Gasteiger partial charge on any atom is 0.135 e. The van der Waals surface area contributed by atoms with E-state index in [-0.39, 0.29) is 0 Å². The van der Waals surface area contributed by atoms with Gasteiger partial charge in [-0.2, -0.15) is 0 Å². The van der Waals surface area contributed by atoms with Crippen LogP contribution in [-0.2, 0) is 4.74 Å². The molecule has 0 amide bonds. The number of nitrogens with zero attached hydrogens (tertiary/aromatic N) is 1. The van der Waals surface area contributed by atoms with Crippen LogP contribution in [0.5, 0.6) is 0 Å². The molecule has 1 heterocycles. The van der Waals surface area contributed by atoms with Gasteiger partial charge in [-0.05, 0) is 37.9 Å². The normalized spacial score (nSPS) is 16.7. The molecule has 1 saturated carbocycles. The maximum absolute atomic E-state index is 10.3. The van der Waals surface area contributed by atoms with Crippen LogP contribution in [0.15, 0.2) is 34.7 Å². The lowest BCUT2D eigenvalue weighted by molar-refractivity contribution is 0.0724. The summed E-state index contributed by atoms with van der Waals surface area (Å²) in [4.78, 5) is 2.07. The fourth-order valence-corrected chi connectivity index (χ4v) is 2.40. The lowest BCUT2D eigenvalue weighted by Crippen LogP contribution is -2.28. The highest BCUT2D eigenvalue weighted by Gasteiger charge is 2.21. The van der Waals surface area contributed by atoms with E-state index in [1.54, 1.807) is 0 Å². The van der Waals surface area contributed by atoms with Crippen molar-refractivity contribution in [3.63, 3.8) is 0 Å². The van der Waals surface area contributed by atoms with Crippen LogP contribution in [0.2, 0.25) is 0 Å². The second-order valence-corrected chi connectivity index (χ2v) is 5.98. The number of fused-ring (bicyclic) bond motifs is 1. The third-order valence-corrected chi connectivity index (χ3v) is 3.93. The highest BCUT2D eigenvalue weighted by atomic mass is 16.5. The van der Waals surface area contributed by atoms with E-state index >= 15 is 0 Å². The van der Waals surface area contributed by atoms with Gasteiger partial charge in [-0.25, -0.2) is 0 Å². The zero-order valence-corrected chi connectivity index (χ0v) is 12.5. The molecule has 4 heteroatoms. The molecule has 2 aromatic rings. The predicted octanol–water partition coefficient (Wildman–Crippen LogP) is 2.82. The molecular weight excluding hydrogens is 266 g/mol. The number of benzene rings is 1. The van der Waals surface area contributed by atoms with Crippen LogP contribution in [0.3, 0.4) is 0 Å². The van der Waals surface area contributed by atoms with Crippen molar-refractivity contribution in [3.8, 4) is 0 Å². The van der Waals surface area contributed by atoms with Crippen molar-refractivity contribution < 1.29 is 14.3 Å². The van der Waals surface area contributed by atoms with Gasteiger partial charge in [0.15, 0.2) is 0 Å². The van der Waals surface area contributed by atoms with Crippen LogP contribution < -0.4 is 0 Å². The van der Waals surface area contributed by atoms with E-state index in [9.17, 15) is 5.11 Å². The van der Waals surface area contributed by atoms with Gasteiger partial charge in [0.2, 0.25) is 0 Å². The molecule has 0 bridgehead atoms. The Labute approximate surface area is 125 Å². The fraction of sp³-hybridized carbons (Fsp3) is 0.529. The number of hydrogen-bond acceptors (Lipinski definition) is 4. The lowest BCUT2D eigenvalue weighted by Gasteiger charge is -2.19. The SMILES string of the molecule is CN(CCOCC1CC1)CC(O)c1cc2ccccc2o1. The molecule has 0 aliphatic heterocycles. The van der Waals surface area contributed by atoms with Gasteiger partial charge in [-0.15, -0.1) is 0 Å². The fourth-order valence-electron chi connectivity index (χ4n) is 2.40. The Balaban J connectivity index is 1.46. The van der Waals surface area contributed by atoms with Crippen molar-refractivity contribution in [2.24, 2.45) is 5.92 Å². The van der Waals surface area contributed by atoms with E-state index in [1.807, 2.05) is 37.4 Å². The van der Waals surface area contributed by atoms with Crippen LogP contribution in [0.25, 0.3) is 11.0 Å². The molecule has 3 rings (SSSR count). The summed E-state index contributed by atoms with van der Waals surface area (Å²) in [6, 6.07) is 9.73. The van der Waals surface area contributed by atoms with E-state index in [4.69, 9.17) is 9.15 Å². The Morgan fingerprint density at radius 3 is 2.95 bits per heavy atom. The Morgan fingerprint density at radius 1 is 1.38 bits per heavy atom. The summed E-state index contributed by atoms with van der Waals surface area (Å²) < 4.78 is 11.3. The van der Waals surface area contributed by atoms with Crippen LogP contribution in [0.4, 0.5) is 0 Å². The zero-order valence-electron chi connectivity index (χ0n) is 12.5. The number of rotatable bonds is 8. The maximum atomic E-state index is 10.3. The molecular formula is C17H23NO3. The van der Waals surface area contributed by atoms with Gasteiger partial charge in [0, 0.05) is 25.1 Å². The molecule has 21 heavy (non-hydrogen) atoms. The van der Waals surface area contributed by atoms with Crippen molar-refractivity contribution in [3.05, 3.63) is 36.1 Å². The number of furan rings is 1. The Bertz CT molecular complexity index is 543. The zero-order chi connectivity index (χ0) is 14.7. The van der Waals surface area contributed by atoms with Crippen LogP contribution in [0, 0.1) is 5.92 Å². The van der Waals surface area contributed by atoms with Crippen molar-refractivity contribution in [2.75, 3.05) is 33.4 Å². The molecule has 1 atom stereocenters. The van der Waals surface area contributed by atoms with Crippen molar-refractivity contribution >= 4 is 11.0 Å². The molecule has 1 aromatic carbocycles. The first-order valence-electron chi connectivity index (χ1n) is 7.65. The molecule has 0 saturated heterocycles.